The van der Waals surface area contributed by atoms with Crippen LogP contribution in [-0.2, 0) is 29.2 Å². The van der Waals surface area contributed by atoms with E-state index in [0.29, 0.717) is 19.5 Å². The lowest BCUT2D eigenvalue weighted by Gasteiger charge is -2.36. The van der Waals surface area contributed by atoms with Gasteiger partial charge in [-0.15, -0.1) is 0 Å². The lowest BCUT2D eigenvalue weighted by atomic mass is 9.97. The number of nitrogens with two attached hydrogens (primary N) is 1. The van der Waals surface area contributed by atoms with Gasteiger partial charge in [-0.25, -0.2) is 4.98 Å². The highest BCUT2D eigenvalue weighted by molar-refractivity contribution is 5.75. The molecule has 0 aliphatic carbocycles. The van der Waals surface area contributed by atoms with Gasteiger partial charge in [-0.05, 0) is 39.9 Å². The van der Waals surface area contributed by atoms with Crippen molar-refractivity contribution >= 4 is 11.0 Å². The van der Waals surface area contributed by atoms with E-state index in [2.05, 4.69) is 52.0 Å². The summed E-state index contributed by atoms with van der Waals surface area (Å²) in [5.41, 5.74) is 14.3. The van der Waals surface area contributed by atoms with Crippen molar-refractivity contribution in [2.75, 3.05) is 0 Å². The molecule has 6 rings (SSSR count). The molecule has 3 N–H and O–H groups in total. The van der Waals surface area contributed by atoms with Crippen LogP contribution in [-0.4, -0.2) is 20.8 Å². The number of benzene rings is 4. The molecule has 0 radical (unpaired) electrons. The van der Waals surface area contributed by atoms with Gasteiger partial charge in [-0.2, -0.15) is 0 Å². The number of aliphatic hydroxyl groups excluding tert-OH is 1. The van der Waals surface area contributed by atoms with Gasteiger partial charge in [-0.3, -0.25) is 0 Å². The third-order valence-electron chi connectivity index (χ3n) is 7.27. The Hall–Kier alpha value is -3.81. The molecule has 5 aromatic rings. The second-order valence-electron chi connectivity index (χ2n) is 9.72. The van der Waals surface area contributed by atoms with Gasteiger partial charge < -0.3 is 24.9 Å². The number of hydrogen-bond acceptors (Lipinski definition) is 5. The van der Waals surface area contributed by atoms with Gasteiger partial charge in [0.2, 0.25) is 0 Å². The summed E-state index contributed by atoms with van der Waals surface area (Å²) < 4.78 is 15.2. The molecular weight excluding hydrogens is 474 g/mol. The van der Waals surface area contributed by atoms with Gasteiger partial charge in [0, 0.05) is 18.5 Å². The zero-order chi connectivity index (χ0) is 25.9. The molecule has 192 valence electrons. The summed E-state index contributed by atoms with van der Waals surface area (Å²) in [5.74, 6) is 0. The number of para-hydroxylation sites is 2. The van der Waals surface area contributed by atoms with Crippen LogP contribution in [0.3, 0.4) is 0 Å². The molecule has 2 heterocycles. The quantitative estimate of drug-likeness (QED) is 0.288. The fourth-order valence-electron chi connectivity index (χ4n) is 5.21. The zero-order valence-electron chi connectivity index (χ0n) is 21.1. The molecule has 1 aliphatic rings. The zero-order valence-corrected chi connectivity index (χ0v) is 21.1. The Kier molecular flexibility index (Phi) is 7.03. The predicted octanol–water partition coefficient (Wildman–Crippen LogP) is 5.90. The lowest BCUT2D eigenvalue weighted by molar-refractivity contribution is -0.252. The molecule has 0 unspecified atom stereocenters. The van der Waals surface area contributed by atoms with Crippen molar-refractivity contribution < 1.29 is 14.6 Å². The molecule has 1 aromatic heterocycles. The highest BCUT2D eigenvalue weighted by atomic mass is 16.7. The maximum atomic E-state index is 9.47. The smallest absolute Gasteiger partial charge is 0.184 e. The van der Waals surface area contributed by atoms with Crippen LogP contribution in [0.15, 0.2) is 103 Å². The van der Waals surface area contributed by atoms with Crippen LogP contribution >= 0.6 is 0 Å². The maximum Gasteiger partial charge on any atom is 0.184 e. The second-order valence-corrected chi connectivity index (χ2v) is 9.72. The summed E-state index contributed by atoms with van der Waals surface area (Å²) in [6.07, 6.45) is 1.87. The minimum absolute atomic E-state index is 0.0213. The molecule has 6 nitrogen and oxygen atoms in total. The van der Waals surface area contributed by atoms with E-state index in [1.807, 2.05) is 60.9 Å². The summed E-state index contributed by atoms with van der Waals surface area (Å²) >= 11 is 0. The number of aromatic nitrogens is 2. The van der Waals surface area contributed by atoms with Gasteiger partial charge >= 0.3 is 0 Å². The van der Waals surface area contributed by atoms with E-state index < -0.39 is 6.29 Å². The van der Waals surface area contributed by atoms with E-state index in [-0.39, 0.29) is 18.8 Å². The molecule has 4 aromatic carbocycles. The highest BCUT2D eigenvalue weighted by Gasteiger charge is 2.32. The number of imidazole rings is 1. The number of ether oxygens (including phenoxy) is 2. The molecule has 0 bridgehead atoms. The summed E-state index contributed by atoms with van der Waals surface area (Å²) in [4.78, 5) is 4.55. The monoisotopic (exact) mass is 505 g/mol. The summed E-state index contributed by atoms with van der Waals surface area (Å²) in [6, 6.07) is 32.7. The standard InChI is InChI=1S/C32H31N3O3/c33-18-26-5-1-2-6-28(26)23-13-15-25(16-14-23)32-37-27(19-35-21-34-29-7-3-4-8-30(29)35)17-31(38-32)24-11-9-22(20-36)10-12-24/h1-16,21,27,31-32,36H,17-20,33H2/t27-,31+,32+/m1/s1. The van der Waals surface area contributed by atoms with Crippen molar-refractivity contribution in [1.82, 2.24) is 9.55 Å². The van der Waals surface area contributed by atoms with E-state index >= 15 is 0 Å². The van der Waals surface area contributed by atoms with Crippen LogP contribution in [0.25, 0.3) is 22.2 Å². The number of rotatable bonds is 7. The predicted molar refractivity (Wildman–Crippen MR) is 148 cm³/mol. The Morgan fingerprint density at radius 3 is 2.37 bits per heavy atom. The lowest BCUT2D eigenvalue weighted by Crippen LogP contribution is -2.32. The Morgan fingerprint density at radius 2 is 1.58 bits per heavy atom. The van der Waals surface area contributed by atoms with E-state index in [4.69, 9.17) is 15.2 Å². The molecule has 3 atom stereocenters. The third-order valence-corrected chi connectivity index (χ3v) is 7.27. The van der Waals surface area contributed by atoms with Crippen molar-refractivity contribution in [1.29, 1.82) is 0 Å². The first-order chi connectivity index (χ1) is 18.7. The van der Waals surface area contributed by atoms with Crippen LogP contribution in [0.1, 0.15) is 41.1 Å². The fraction of sp³-hybridized carbons (Fsp3) is 0.219. The fourth-order valence-corrected chi connectivity index (χ4v) is 5.21. The van der Waals surface area contributed by atoms with Gasteiger partial charge in [-0.1, -0.05) is 84.9 Å². The van der Waals surface area contributed by atoms with E-state index in [1.165, 1.54) is 0 Å². The third kappa shape index (κ3) is 4.99. The minimum atomic E-state index is -0.509. The van der Waals surface area contributed by atoms with E-state index in [1.54, 1.807) is 0 Å². The van der Waals surface area contributed by atoms with Gasteiger partial charge in [0.1, 0.15) is 0 Å². The van der Waals surface area contributed by atoms with Crippen molar-refractivity contribution in [2.45, 2.75) is 44.6 Å². The molecule has 6 heteroatoms. The normalized spacial score (nSPS) is 19.6. The van der Waals surface area contributed by atoms with Crippen molar-refractivity contribution in [3.8, 4) is 11.1 Å². The maximum absolute atomic E-state index is 9.47. The van der Waals surface area contributed by atoms with E-state index in [9.17, 15) is 5.11 Å². The molecule has 0 saturated carbocycles. The van der Waals surface area contributed by atoms with Gasteiger partial charge in [0.05, 0.1) is 42.7 Å². The Bertz CT molecular complexity index is 1510. The number of aliphatic hydroxyl groups is 1. The topological polar surface area (TPSA) is 82.5 Å². The molecule has 0 spiro atoms. The second kappa shape index (κ2) is 10.9. The first-order valence-electron chi connectivity index (χ1n) is 13.0. The number of hydrogen-bond donors (Lipinski definition) is 2. The molecule has 0 amide bonds. The molecule has 38 heavy (non-hydrogen) atoms. The largest absolute Gasteiger partial charge is 0.392 e. The van der Waals surface area contributed by atoms with Crippen molar-refractivity contribution in [3.63, 3.8) is 0 Å². The van der Waals surface area contributed by atoms with Gasteiger partial charge in [0.25, 0.3) is 0 Å². The average Bonchev–Trinajstić information content (AvgIpc) is 3.39. The first-order valence-corrected chi connectivity index (χ1v) is 13.0. The molecule has 1 aliphatic heterocycles. The van der Waals surface area contributed by atoms with Crippen molar-refractivity contribution in [3.05, 3.63) is 126 Å². The minimum Gasteiger partial charge on any atom is -0.392 e. The first kappa shape index (κ1) is 24.5. The number of fused-ring (bicyclic) bond motifs is 1. The molecule has 1 fully saturated rings. The Balaban J connectivity index is 1.29. The van der Waals surface area contributed by atoms with E-state index in [0.717, 1.165) is 44.4 Å². The van der Waals surface area contributed by atoms with Crippen LogP contribution in [0.4, 0.5) is 0 Å². The number of nitrogens with zero attached hydrogens (tertiary/aromatic N) is 2. The average molecular weight is 506 g/mol. The van der Waals surface area contributed by atoms with Crippen LogP contribution in [0, 0.1) is 0 Å². The molecule has 1 saturated heterocycles. The Morgan fingerprint density at radius 1 is 0.842 bits per heavy atom. The van der Waals surface area contributed by atoms with Crippen molar-refractivity contribution in [2.24, 2.45) is 5.73 Å². The van der Waals surface area contributed by atoms with Crippen LogP contribution in [0.5, 0.6) is 0 Å². The molecular formula is C32H31N3O3. The SMILES string of the molecule is NCc1ccccc1-c1ccc([C@H]2O[C@@H](Cn3cnc4ccccc43)C[C@@H](c3ccc(CO)cc3)O2)cc1. The summed E-state index contributed by atoms with van der Waals surface area (Å²) in [7, 11) is 0. The summed E-state index contributed by atoms with van der Waals surface area (Å²) in [5, 5.41) is 9.47. The van der Waals surface area contributed by atoms with Gasteiger partial charge in [0.15, 0.2) is 6.29 Å². The highest BCUT2D eigenvalue weighted by Crippen LogP contribution is 2.39. The Labute approximate surface area is 222 Å². The summed E-state index contributed by atoms with van der Waals surface area (Å²) in [6.45, 7) is 1.19. The van der Waals surface area contributed by atoms with Crippen LogP contribution in [0.2, 0.25) is 0 Å². The van der Waals surface area contributed by atoms with Crippen LogP contribution < -0.4 is 5.73 Å².